The zero-order chi connectivity index (χ0) is 19.7. The van der Waals surface area contributed by atoms with E-state index >= 15 is 0 Å². The van der Waals surface area contributed by atoms with E-state index in [1.807, 2.05) is 0 Å². The van der Waals surface area contributed by atoms with Crippen molar-refractivity contribution >= 4 is 11.6 Å². The lowest BCUT2D eigenvalue weighted by molar-refractivity contribution is -0.00831. The van der Waals surface area contributed by atoms with Gasteiger partial charge in [0.25, 0.3) is 0 Å². The maximum absolute atomic E-state index is 13.0. The number of aliphatic hydroxyl groups excluding tert-OH is 1. The number of phenols is 2. The molecule has 0 aromatic heterocycles. The van der Waals surface area contributed by atoms with Gasteiger partial charge >= 0.3 is 0 Å². The van der Waals surface area contributed by atoms with Gasteiger partial charge < -0.3 is 25.2 Å². The molecule has 0 amide bonds. The van der Waals surface area contributed by atoms with E-state index in [1.165, 1.54) is 25.3 Å². The molecule has 0 unspecified atom stereocenters. The summed E-state index contributed by atoms with van der Waals surface area (Å²) >= 11 is 0. The molecular weight excluding hydrogens is 352 g/mol. The summed E-state index contributed by atoms with van der Waals surface area (Å²) in [6, 6.07) is 4.01. The number of carbonyl (C=O) groups excluding carboxylic acids is 2. The molecular formula is C20H18O7. The fourth-order valence-electron chi connectivity index (χ4n) is 4.07. The van der Waals surface area contributed by atoms with Crippen molar-refractivity contribution < 1.29 is 34.8 Å². The summed E-state index contributed by atoms with van der Waals surface area (Å²) in [6.45, 7) is 1.56. The molecule has 0 heterocycles. The van der Waals surface area contributed by atoms with Crippen LogP contribution in [0.4, 0.5) is 0 Å². The van der Waals surface area contributed by atoms with Crippen molar-refractivity contribution in [2.75, 3.05) is 7.11 Å². The van der Waals surface area contributed by atoms with Crippen LogP contribution in [0.25, 0.3) is 0 Å². The number of carbonyl (C=O) groups is 2. The van der Waals surface area contributed by atoms with Crippen LogP contribution >= 0.6 is 0 Å². The molecule has 0 fully saturated rings. The first-order valence-corrected chi connectivity index (χ1v) is 8.44. The average molecular weight is 370 g/mol. The topological polar surface area (TPSA) is 124 Å². The maximum Gasteiger partial charge on any atom is 0.201 e. The van der Waals surface area contributed by atoms with Crippen molar-refractivity contribution in [3.63, 3.8) is 0 Å². The predicted molar refractivity (Wildman–Crippen MR) is 93.5 cm³/mol. The van der Waals surface area contributed by atoms with Crippen LogP contribution in [0.3, 0.4) is 0 Å². The van der Waals surface area contributed by atoms with Gasteiger partial charge in [-0.25, -0.2) is 0 Å². The lowest BCUT2D eigenvalue weighted by Gasteiger charge is -2.35. The molecule has 7 heteroatoms. The molecule has 2 aromatic rings. The van der Waals surface area contributed by atoms with Gasteiger partial charge in [-0.05, 0) is 24.6 Å². The second-order valence-electron chi connectivity index (χ2n) is 7.34. The SMILES string of the molecule is COc1cc(O)c2c(c1)C(=O)c1cc3c(c(O)c1C2=O)[C@H](O)C[C@@](C)(O)C3. The Bertz CT molecular complexity index is 1020. The molecule has 27 heavy (non-hydrogen) atoms. The van der Waals surface area contributed by atoms with Crippen LogP contribution in [0.1, 0.15) is 62.4 Å². The van der Waals surface area contributed by atoms with Crippen molar-refractivity contribution in [2.45, 2.75) is 31.5 Å². The Kier molecular flexibility index (Phi) is 3.60. The van der Waals surface area contributed by atoms with Gasteiger partial charge in [-0.15, -0.1) is 0 Å². The van der Waals surface area contributed by atoms with E-state index in [0.717, 1.165) is 0 Å². The van der Waals surface area contributed by atoms with Gasteiger partial charge in [0.2, 0.25) is 5.78 Å². The number of hydrogen-bond donors (Lipinski definition) is 4. The van der Waals surface area contributed by atoms with Crippen LogP contribution in [0, 0.1) is 0 Å². The Morgan fingerprint density at radius 1 is 1.07 bits per heavy atom. The Balaban J connectivity index is 1.99. The molecule has 0 bridgehead atoms. The molecule has 4 rings (SSSR count). The zero-order valence-corrected chi connectivity index (χ0v) is 14.7. The maximum atomic E-state index is 13.0. The Morgan fingerprint density at radius 2 is 1.74 bits per heavy atom. The van der Waals surface area contributed by atoms with E-state index in [-0.39, 0.29) is 46.4 Å². The van der Waals surface area contributed by atoms with E-state index in [1.54, 1.807) is 6.92 Å². The highest BCUT2D eigenvalue weighted by molar-refractivity contribution is 6.30. The summed E-state index contributed by atoms with van der Waals surface area (Å²) in [7, 11) is 1.37. The van der Waals surface area contributed by atoms with Crippen molar-refractivity contribution in [3.05, 3.63) is 51.6 Å². The van der Waals surface area contributed by atoms with E-state index in [2.05, 4.69) is 0 Å². The van der Waals surface area contributed by atoms with Crippen LogP contribution in [0.5, 0.6) is 17.2 Å². The van der Waals surface area contributed by atoms with Gasteiger partial charge in [0, 0.05) is 35.6 Å². The fraction of sp³-hybridized carbons (Fsp3) is 0.300. The Hall–Kier alpha value is -2.90. The highest BCUT2D eigenvalue weighted by atomic mass is 16.5. The van der Waals surface area contributed by atoms with Crippen LogP contribution in [-0.2, 0) is 6.42 Å². The highest BCUT2D eigenvalue weighted by Gasteiger charge is 2.41. The minimum absolute atomic E-state index is 0.00643. The Labute approximate surface area is 154 Å². The van der Waals surface area contributed by atoms with Crippen LogP contribution in [0.2, 0.25) is 0 Å². The van der Waals surface area contributed by atoms with Crippen molar-refractivity contribution in [3.8, 4) is 17.2 Å². The summed E-state index contributed by atoms with van der Waals surface area (Å²) in [6.07, 6.45) is -1.06. The second-order valence-corrected chi connectivity index (χ2v) is 7.34. The first-order chi connectivity index (χ1) is 12.6. The van der Waals surface area contributed by atoms with E-state index in [4.69, 9.17) is 4.74 Å². The number of rotatable bonds is 1. The number of methoxy groups -OCH3 is 1. The molecule has 7 nitrogen and oxygen atoms in total. The van der Waals surface area contributed by atoms with Gasteiger partial charge in [0.1, 0.15) is 17.2 Å². The largest absolute Gasteiger partial charge is 0.507 e. The fourth-order valence-corrected chi connectivity index (χ4v) is 4.07. The van der Waals surface area contributed by atoms with Gasteiger partial charge in [-0.3, -0.25) is 9.59 Å². The molecule has 0 aliphatic heterocycles. The number of phenolic OH excluding ortho intramolecular Hbond substituents is 2. The predicted octanol–water partition coefficient (Wildman–Crippen LogP) is 1.61. The quantitative estimate of drug-likeness (QED) is 0.513. The number of benzene rings is 2. The molecule has 4 N–H and O–H groups in total. The van der Waals surface area contributed by atoms with E-state index in [9.17, 15) is 30.0 Å². The number of aliphatic hydroxyl groups is 2. The van der Waals surface area contributed by atoms with Gasteiger partial charge in [-0.2, -0.15) is 0 Å². The average Bonchev–Trinajstić information content (AvgIpc) is 2.56. The van der Waals surface area contributed by atoms with E-state index < -0.39 is 34.8 Å². The molecule has 0 saturated heterocycles. The normalized spacial score (nSPS) is 23.5. The lowest BCUT2D eigenvalue weighted by Crippen LogP contribution is -2.35. The number of hydrogen-bond acceptors (Lipinski definition) is 7. The molecule has 2 atom stereocenters. The van der Waals surface area contributed by atoms with Crippen molar-refractivity contribution in [1.82, 2.24) is 0 Å². The van der Waals surface area contributed by atoms with Crippen LogP contribution < -0.4 is 4.74 Å². The minimum atomic E-state index is -1.20. The third-order valence-electron chi connectivity index (χ3n) is 5.23. The summed E-state index contributed by atoms with van der Waals surface area (Å²) in [4.78, 5) is 26.0. The number of ether oxygens (including phenoxy) is 1. The number of fused-ring (bicyclic) bond motifs is 3. The van der Waals surface area contributed by atoms with Crippen molar-refractivity contribution in [1.29, 1.82) is 0 Å². The first kappa shape index (κ1) is 17.5. The summed E-state index contributed by atoms with van der Waals surface area (Å²) in [5.41, 5.74) is -1.15. The summed E-state index contributed by atoms with van der Waals surface area (Å²) in [5, 5.41) is 41.6. The molecule has 2 aliphatic rings. The van der Waals surface area contributed by atoms with Gasteiger partial charge in [0.15, 0.2) is 5.78 Å². The number of ketones is 2. The zero-order valence-electron chi connectivity index (χ0n) is 14.7. The second kappa shape index (κ2) is 5.55. The molecule has 0 spiro atoms. The van der Waals surface area contributed by atoms with Gasteiger partial charge in [-0.1, -0.05) is 0 Å². The smallest absolute Gasteiger partial charge is 0.201 e. The molecule has 0 radical (unpaired) electrons. The van der Waals surface area contributed by atoms with Gasteiger partial charge in [0.05, 0.1) is 29.9 Å². The third kappa shape index (κ3) is 2.43. The molecule has 2 aliphatic carbocycles. The highest BCUT2D eigenvalue weighted by Crippen LogP contribution is 2.46. The number of aromatic hydroxyl groups is 2. The van der Waals surface area contributed by atoms with E-state index in [0.29, 0.717) is 5.56 Å². The third-order valence-corrected chi connectivity index (χ3v) is 5.23. The minimum Gasteiger partial charge on any atom is -0.507 e. The summed E-state index contributed by atoms with van der Waals surface area (Å²) in [5.74, 6) is -1.94. The molecule has 2 aromatic carbocycles. The van der Waals surface area contributed by atoms with Crippen LogP contribution in [-0.4, -0.2) is 44.7 Å². The van der Waals surface area contributed by atoms with Crippen LogP contribution in [0.15, 0.2) is 18.2 Å². The molecule has 0 saturated carbocycles. The Morgan fingerprint density at radius 3 is 2.41 bits per heavy atom. The standard InChI is InChI=1S/C20H18O7/c1-20(26)6-8-3-10-16(18(24)14(8)13(22)7-20)19(25)15-11(17(10)23)4-9(27-2)5-12(15)21/h3-5,13,21-22,24,26H,6-7H2,1-2H3/t13-,20+/m1/s1. The first-order valence-electron chi connectivity index (χ1n) is 8.44. The monoisotopic (exact) mass is 370 g/mol. The lowest BCUT2D eigenvalue weighted by atomic mass is 9.74. The molecule has 140 valence electrons. The van der Waals surface area contributed by atoms with Crippen molar-refractivity contribution in [2.24, 2.45) is 0 Å². The summed E-state index contributed by atoms with van der Waals surface area (Å²) < 4.78 is 5.05.